The third-order valence-corrected chi connectivity index (χ3v) is 3.97. The van der Waals surface area contributed by atoms with Crippen LogP contribution < -0.4 is 11.2 Å². The first-order valence-corrected chi connectivity index (χ1v) is 7.20. The summed E-state index contributed by atoms with van der Waals surface area (Å²) in [5.41, 5.74) is -1.89. The molecular weight excluding hydrogens is 341 g/mol. The van der Waals surface area contributed by atoms with E-state index in [-0.39, 0.29) is 17.6 Å². The Balaban J connectivity index is 2.26. The van der Waals surface area contributed by atoms with Crippen LogP contribution in [-0.4, -0.2) is 19.3 Å². The van der Waals surface area contributed by atoms with Gasteiger partial charge in [0.25, 0.3) is 5.56 Å². The minimum absolute atomic E-state index is 0.0816. The van der Waals surface area contributed by atoms with Gasteiger partial charge in [-0.2, -0.15) is 13.2 Å². The maximum Gasteiger partial charge on any atom is 0.433 e. The zero-order chi connectivity index (χ0) is 18.5. The second-order valence-corrected chi connectivity index (χ2v) is 5.60. The van der Waals surface area contributed by atoms with E-state index in [4.69, 9.17) is 4.52 Å². The second kappa shape index (κ2) is 5.57. The molecule has 10 heteroatoms. The van der Waals surface area contributed by atoms with Gasteiger partial charge in [-0.05, 0) is 26.0 Å². The first-order chi connectivity index (χ1) is 11.6. The van der Waals surface area contributed by atoms with Crippen molar-refractivity contribution in [2.75, 3.05) is 0 Å². The molecule has 132 valence electrons. The van der Waals surface area contributed by atoms with Crippen molar-refractivity contribution in [2.45, 2.75) is 26.6 Å². The van der Waals surface area contributed by atoms with E-state index in [1.54, 1.807) is 13.8 Å². The molecule has 0 fully saturated rings. The van der Waals surface area contributed by atoms with Crippen molar-refractivity contribution in [3.63, 3.8) is 0 Å². The number of nitrogens with zero attached hydrogens (tertiary/aromatic N) is 4. The zero-order valence-corrected chi connectivity index (χ0v) is 13.5. The average Bonchev–Trinajstić information content (AvgIpc) is 2.86. The number of alkyl halides is 3. The maximum absolute atomic E-state index is 12.8. The zero-order valence-electron chi connectivity index (χ0n) is 13.5. The topological polar surface area (TPSA) is 82.9 Å². The summed E-state index contributed by atoms with van der Waals surface area (Å²) < 4.78 is 45.3. The lowest BCUT2D eigenvalue weighted by Crippen LogP contribution is -2.40. The number of aromatic nitrogens is 4. The Morgan fingerprint density at radius 2 is 1.88 bits per heavy atom. The highest BCUT2D eigenvalue weighted by atomic mass is 19.4. The Bertz CT molecular complexity index is 1070. The molecule has 0 amide bonds. The Morgan fingerprint density at radius 3 is 2.44 bits per heavy atom. The van der Waals surface area contributed by atoms with E-state index >= 15 is 0 Å². The number of pyridine rings is 1. The summed E-state index contributed by atoms with van der Waals surface area (Å²) in [5, 5.41) is 3.68. The van der Waals surface area contributed by atoms with Crippen molar-refractivity contribution in [1.29, 1.82) is 0 Å². The van der Waals surface area contributed by atoms with Gasteiger partial charge in [-0.3, -0.25) is 13.9 Å². The van der Waals surface area contributed by atoms with Gasteiger partial charge in [0.2, 0.25) is 0 Å². The summed E-state index contributed by atoms with van der Waals surface area (Å²) in [5.74, 6) is 0.456. The normalized spacial score (nSPS) is 12.1. The van der Waals surface area contributed by atoms with Crippen molar-refractivity contribution in [1.82, 2.24) is 19.3 Å². The van der Waals surface area contributed by atoms with Gasteiger partial charge in [0.1, 0.15) is 17.1 Å². The van der Waals surface area contributed by atoms with Crippen LogP contribution in [0.3, 0.4) is 0 Å². The lowest BCUT2D eigenvalue weighted by molar-refractivity contribution is -0.141. The quantitative estimate of drug-likeness (QED) is 0.700. The molecule has 0 bridgehead atoms. The van der Waals surface area contributed by atoms with Gasteiger partial charge in [0, 0.05) is 12.6 Å². The van der Waals surface area contributed by atoms with Gasteiger partial charge >= 0.3 is 11.9 Å². The van der Waals surface area contributed by atoms with Crippen LogP contribution >= 0.6 is 0 Å². The molecule has 0 aromatic carbocycles. The third kappa shape index (κ3) is 2.73. The van der Waals surface area contributed by atoms with Crippen LogP contribution in [0.4, 0.5) is 13.2 Å². The van der Waals surface area contributed by atoms with Crippen LogP contribution in [0.2, 0.25) is 0 Å². The Labute approximate surface area is 138 Å². The average molecular weight is 354 g/mol. The van der Waals surface area contributed by atoms with E-state index in [0.29, 0.717) is 23.1 Å². The van der Waals surface area contributed by atoms with Crippen LogP contribution in [0.25, 0.3) is 11.0 Å². The predicted octanol–water partition coefficient (Wildman–Crippen LogP) is 1.77. The van der Waals surface area contributed by atoms with Crippen molar-refractivity contribution in [3.8, 4) is 0 Å². The Kier molecular flexibility index (Phi) is 3.77. The largest absolute Gasteiger partial charge is 0.433 e. The van der Waals surface area contributed by atoms with Gasteiger partial charge in [-0.25, -0.2) is 9.78 Å². The molecule has 3 rings (SSSR count). The predicted molar refractivity (Wildman–Crippen MR) is 81.3 cm³/mol. The highest BCUT2D eigenvalue weighted by Crippen LogP contribution is 2.28. The second-order valence-electron chi connectivity index (χ2n) is 5.60. The van der Waals surface area contributed by atoms with E-state index in [0.717, 1.165) is 15.2 Å². The number of aryl methyl sites for hydroxylation is 3. The molecule has 3 heterocycles. The minimum atomic E-state index is -4.67. The highest BCUT2D eigenvalue weighted by Gasteiger charge is 2.33. The smallest absolute Gasteiger partial charge is 0.361 e. The highest BCUT2D eigenvalue weighted by molar-refractivity contribution is 5.74. The molecule has 0 saturated carbocycles. The number of fused-ring (bicyclic) bond motifs is 1. The summed E-state index contributed by atoms with van der Waals surface area (Å²) >= 11 is 0. The fraction of sp³-hybridized carbons (Fsp3) is 0.333. The molecule has 7 nitrogen and oxygen atoms in total. The minimum Gasteiger partial charge on any atom is -0.361 e. The van der Waals surface area contributed by atoms with E-state index in [2.05, 4.69) is 10.1 Å². The van der Waals surface area contributed by atoms with Gasteiger partial charge in [-0.1, -0.05) is 5.16 Å². The van der Waals surface area contributed by atoms with Crippen molar-refractivity contribution < 1.29 is 17.7 Å². The lowest BCUT2D eigenvalue weighted by atomic mass is 10.2. The van der Waals surface area contributed by atoms with Crippen LogP contribution in [-0.2, 0) is 19.8 Å². The molecule has 3 aromatic rings. The van der Waals surface area contributed by atoms with Crippen LogP contribution in [0.15, 0.2) is 26.2 Å². The van der Waals surface area contributed by atoms with Gasteiger partial charge in [0.15, 0.2) is 0 Å². The summed E-state index contributed by atoms with van der Waals surface area (Å²) in [6.45, 7) is 3.21. The van der Waals surface area contributed by atoms with Crippen LogP contribution in [0, 0.1) is 13.8 Å². The standard InChI is InChI=1S/C15H13F3N4O3/c1-7-10(8(2)25-20-7)6-22-13(23)9-4-5-11(15(16,17)18)19-12(9)21(3)14(22)24/h4-5H,6H2,1-3H3. The van der Waals surface area contributed by atoms with E-state index in [1.165, 1.54) is 7.05 Å². The third-order valence-electron chi connectivity index (χ3n) is 3.97. The van der Waals surface area contributed by atoms with E-state index < -0.39 is 23.1 Å². The molecule has 0 saturated heterocycles. The fourth-order valence-electron chi connectivity index (χ4n) is 2.56. The maximum atomic E-state index is 12.8. The van der Waals surface area contributed by atoms with Crippen LogP contribution in [0.5, 0.6) is 0 Å². The molecule has 0 radical (unpaired) electrons. The first kappa shape index (κ1) is 16.9. The summed E-state index contributed by atoms with van der Waals surface area (Å²) in [7, 11) is 1.26. The summed E-state index contributed by atoms with van der Waals surface area (Å²) in [4.78, 5) is 28.5. The molecule has 0 aliphatic heterocycles. The van der Waals surface area contributed by atoms with Crippen molar-refractivity contribution >= 4 is 11.0 Å². The summed E-state index contributed by atoms with van der Waals surface area (Å²) in [6, 6.07) is 1.74. The SMILES string of the molecule is Cc1noc(C)c1Cn1c(=O)c2ccc(C(F)(F)F)nc2n(C)c1=O. The van der Waals surface area contributed by atoms with Gasteiger partial charge in [-0.15, -0.1) is 0 Å². The molecule has 0 atom stereocenters. The fourth-order valence-corrected chi connectivity index (χ4v) is 2.56. The Hall–Kier alpha value is -2.91. The molecule has 0 unspecified atom stereocenters. The number of halogens is 3. The van der Waals surface area contributed by atoms with E-state index in [1.807, 2.05) is 0 Å². The van der Waals surface area contributed by atoms with Crippen molar-refractivity contribution in [3.05, 3.63) is 55.7 Å². The Morgan fingerprint density at radius 1 is 1.20 bits per heavy atom. The monoisotopic (exact) mass is 354 g/mol. The molecular formula is C15H13F3N4O3. The molecule has 0 spiro atoms. The van der Waals surface area contributed by atoms with Crippen molar-refractivity contribution in [2.24, 2.45) is 7.05 Å². The molecule has 3 aromatic heterocycles. The molecule has 0 aliphatic rings. The molecule has 25 heavy (non-hydrogen) atoms. The number of hydrogen-bond acceptors (Lipinski definition) is 5. The summed E-state index contributed by atoms with van der Waals surface area (Å²) in [6.07, 6.45) is -4.67. The molecule has 0 N–H and O–H groups in total. The number of hydrogen-bond donors (Lipinski definition) is 0. The van der Waals surface area contributed by atoms with E-state index in [9.17, 15) is 22.8 Å². The molecule has 0 aliphatic carbocycles. The van der Waals surface area contributed by atoms with Gasteiger partial charge < -0.3 is 4.52 Å². The van der Waals surface area contributed by atoms with Crippen LogP contribution in [0.1, 0.15) is 22.7 Å². The first-order valence-electron chi connectivity index (χ1n) is 7.20. The lowest BCUT2D eigenvalue weighted by Gasteiger charge is -2.12. The number of rotatable bonds is 2. The van der Waals surface area contributed by atoms with Gasteiger partial charge in [0.05, 0.1) is 17.6 Å².